The molecule has 0 saturated carbocycles. The second kappa shape index (κ2) is 10.8. The first-order chi connectivity index (χ1) is 13.8. The van der Waals surface area contributed by atoms with Crippen LogP contribution in [0.25, 0.3) is 6.08 Å². The zero-order valence-corrected chi connectivity index (χ0v) is 17.0. The normalized spacial score (nSPS) is 14.6. The predicted octanol–water partition coefficient (Wildman–Crippen LogP) is 5.07. The van der Waals surface area contributed by atoms with Crippen LogP contribution < -0.4 is 5.32 Å². The fraction of sp³-hybridized carbons (Fsp3) is 0.400. The van der Waals surface area contributed by atoms with Crippen molar-refractivity contribution >= 4 is 12.0 Å². The Balaban J connectivity index is 1.49. The smallest absolute Gasteiger partial charge is 0.251 e. The highest BCUT2D eigenvalue weighted by Gasteiger charge is 2.11. The lowest BCUT2D eigenvalue weighted by molar-refractivity contribution is 0.0954. The number of nitrogens with one attached hydrogen (secondary N) is 1. The Kier molecular flexibility index (Phi) is 7.86. The van der Waals surface area contributed by atoms with Crippen LogP contribution in [0.2, 0.25) is 0 Å². The summed E-state index contributed by atoms with van der Waals surface area (Å²) in [6, 6.07) is 16.6. The van der Waals surface area contributed by atoms with Gasteiger partial charge >= 0.3 is 0 Å². The van der Waals surface area contributed by atoms with Crippen LogP contribution >= 0.6 is 0 Å². The minimum atomic E-state index is 0.00222. The Morgan fingerprint density at radius 2 is 1.75 bits per heavy atom. The van der Waals surface area contributed by atoms with Gasteiger partial charge in [0.15, 0.2) is 0 Å². The zero-order valence-electron chi connectivity index (χ0n) is 17.0. The zero-order chi connectivity index (χ0) is 19.6. The molecule has 0 aromatic heterocycles. The van der Waals surface area contributed by atoms with E-state index in [1.807, 2.05) is 24.3 Å². The minimum absolute atomic E-state index is 0.00222. The molecule has 1 aliphatic rings. The van der Waals surface area contributed by atoms with Gasteiger partial charge in [-0.25, -0.2) is 0 Å². The van der Waals surface area contributed by atoms with E-state index in [0.29, 0.717) is 6.54 Å². The van der Waals surface area contributed by atoms with Crippen LogP contribution in [0.4, 0.5) is 0 Å². The van der Waals surface area contributed by atoms with Gasteiger partial charge in [0.25, 0.3) is 5.91 Å². The van der Waals surface area contributed by atoms with Gasteiger partial charge in [0.2, 0.25) is 0 Å². The number of unbranched alkanes of at least 4 members (excludes halogenated alkanes) is 1. The minimum Gasteiger partial charge on any atom is -0.352 e. The number of rotatable bonds is 9. The van der Waals surface area contributed by atoms with Gasteiger partial charge in [-0.3, -0.25) is 9.69 Å². The quantitative estimate of drug-likeness (QED) is 0.663. The van der Waals surface area contributed by atoms with Crippen molar-refractivity contribution in [3.63, 3.8) is 0 Å². The van der Waals surface area contributed by atoms with Gasteiger partial charge in [-0.2, -0.15) is 0 Å². The van der Waals surface area contributed by atoms with E-state index < -0.39 is 0 Å². The second-order valence-corrected chi connectivity index (χ2v) is 7.58. The number of allylic oxidation sites excluding steroid dienone is 1. The maximum atomic E-state index is 12.6. The summed E-state index contributed by atoms with van der Waals surface area (Å²) in [6.07, 6.45) is 9.84. The van der Waals surface area contributed by atoms with Crippen LogP contribution in [0.1, 0.15) is 59.7 Å². The number of carbonyl (C=O) groups is 1. The first-order valence-electron chi connectivity index (χ1n) is 10.6. The Morgan fingerprint density at radius 3 is 2.50 bits per heavy atom. The Bertz CT molecular complexity index is 773. The van der Waals surface area contributed by atoms with E-state index in [2.05, 4.69) is 53.6 Å². The van der Waals surface area contributed by atoms with E-state index in [9.17, 15) is 4.79 Å². The molecule has 0 aliphatic carbocycles. The molecule has 0 bridgehead atoms. The van der Waals surface area contributed by atoms with Crippen LogP contribution in [0.5, 0.6) is 0 Å². The summed E-state index contributed by atoms with van der Waals surface area (Å²) in [7, 11) is 0. The van der Waals surface area contributed by atoms with Gasteiger partial charge in [-0.1, -0.05) is 68.0 Å². The van der Waals surface area contributed by atoms with Crippen molar-refractivity contribution < 1.29 is 4.79 Å². The molecule has 148 valence electrons. The van der Waals surface area contributed by atoms with Crippen LogP contribution in [0, 0.1) is 0 Å². The maximum Gasteiger partial charge on any atom is 0.251 e. The molecule has 28 heavy (non-hydrogen) atoms. The number of benzene rings is 2. The third kappa shape index (κ3) is 6.07. The molecule has 0 atom stereocenters. The molecule has 3 heteroatoms. The van der Waals surface area contributed by atoms with Crippen molar-refractivity contribution in [1.82, 2.24) is 10.2 Å². The molecule has 1 saturated heterocycles. The summed E-state index contributed by atoms with van der Waals surface area (Å²) in [4.78, 5) is 15.1. The van der Waals surface area contributed by atoms with Gasteiger partial charge in [0.1, 0.15) is 0 Å². The predicted molar refractivity (Wildman–Crippen MR) is 117 cm³/mol. The molecule has 0 unspecified atom stereocenters. The van der Waals surface area contributed by atoms with Crippen LogP contribution in [-0.4, -0.2) is 30.4 Å². The highest BCUT2D eigenvalue weighted by atomic mass is 16.1. The maximum absolute atomic E-state index is 12.6. The molecular formula is C25H32N2O. The SMILES string of the molecule is CCCC=Cc1ccccc1C(=O)NCCc1ccc(CN2CCCC2)cc1. The summed E-state index contributed by atoms with van der Waals surface area (Å²) >= 11 is 0. The molecule has 1 aliphatic heterocycles. The van der Waals surface area contributed by atoms with Crippen LogP contribution in [0.15, 0.2) is 54.6 Å². The van der Waals surface area contributed by atoms with Crippen LogP contribution in [-0.2, 0) is 13.0 Å². The highest BCUT2D eigenvalue weighted by molar-refractivity contribution is 5.97. The summed E-state index contributed by atoms with van der Waals surface area (Å²) in [5.74, 6) is 0.00222. The van der Waals surface area contributed by atoms with Gasteiger partial charge in [-0.05, 0) is 61.5 Å². The summed E-state index contributed by atoms with van der Waals surface area (Å²) in [5.41, 5.74) is 4.37. The molecule has 2 aromatic carbocycles. The lowest BCUT2D eigenvalue weighted by Crippen LogP contribution is -2.26. The fourth-order valence-electron chi connectivity index (χ4n) is 3.65. The summed E-state index contributed by atoms with van der Waals surface area (Å²) < 4.78 is 0. The third-order valence-electron chi connectivity index (χ3n) is 5.29. The Labute approximate surface area is 169 Å². The van der Waals surface area contributed by atoms with Gasteiger partial charge in [0.05, 0.1) is 0 Å². The monoisotopic (exact) mass is 376 g/mol. The highest BCUT2D eigenvalue weighted by Crippen LogP contribution is 2.14. The largest absolute Gasteiger partial charge is 0.352 e. The van der Waals surface area contributed by atoms with Crippen molar-refractivity contribution in [2.45, 2.75) is 45.6 Å². The van der Waals surface area contributed by atoms with Crippen molar-refractivity contribution in [1.29, 1.82) is 0 Å². The Hall–Kier alpha value is -2.39. The van der Waals surface area contributed by atoms with Gasteiger partial charge in [-0.15, -0.1) is 0 Å². The molecule has 0 radical (unpaired) electrons. The standard InChI is InChI=1S/C25H32N2O/c1-2-3-4-9-23-10-5-6-11-24(23)25(28)26-17-16-21-12-14-22(15-13-21)20-27-18-7-8-19-27/h4-6,9-15H,2-3,7-8,16-20H2,1H3,(H,26,28). The molecule has 3 nitrogen and oxygen atoms in total. The first kappa shape index (κ1) is 20.3. The number of carbonyl (C=O) groups excluding carboxylic acids is 1. The Morgan fingerprint density at radius 1 is 1.04 bits per heavy atom. The lowest BCUT2D eigenvalue weighted by atomic mass is 10.1. The van der Waals surface area contributed by atoms with Crippen molar-refractivity contribution in [2.24, 2.45) is 0 Å². The molecule has 0 spiro atoms. The van der Waals surface area contributed by atoms with Crippen LogP contribution in [0.3, 0.4) is 0 Å². The molecule has 2 aromatic rings. The summed E-state index contributed by atoms with van der Waals surface area (Å²) in [5, 5.41) is 3.07. The van der Waals surface area contributed by atoms with E-state index in [-0.39, 0.29) is 5.91 Å². The van der Waals surface area contributed by atoms with E-state index in [1.165, 1.54) is 37.1 Å². The van der Waals surface area contributed by atoms with E-state index in [1.54, 1.807) is 0 Å². The molecule has 1 N–H and O–H groups in total. The topological polar surface area (TPSA) is 32.3 Å². The molecular weight excluding hydrogens is 344 g/mol. The van der Waals surface area contributed by atoms with Gasteiger partial charge in [0, 0.05) is 18.7 Å². The van der Waals surface area contributed by atoms with Crippen molar-refractivity contribution in [3.8, 4) is 0 Å². The average molecular weight is 377 g/mol. The van der Waals surface area contributed by atoms with Crippen molar-refractivity contribution in [2.75, 3.05) is 19.6 Å². The van der Waals surface area contributed by atoms with E-state index in [4.69, 9.17) is 0 Å². The van der Waals surface area contributed by atoms with Crippen molar-refractivity contribution in [3.05, 3.63) is 76.9 Å². The fourth-order valence-corrected chi connectivity index (χ4v) is 3.65. The molecule has 1 fully saturated rings. The van der Waals surface area contributed by atoms with E-state index >= 15 is 0 Å². The van der Waals surface area contributed by atoms with Gasteiger partial charge < -0.3 is 5.32 Å². The number of amides is 1. The average Bonchev–Trinajstić information content (AvgIpc) is 3.23. The lowest BCUT2D eigenvalue weighted by Gasteiger charge is -2.14. The first-order valence-corrected chi connectivity index (χ1v) is 10.6. The number of likely N-dealkylation sites (tertiary alicyclic amines) is 1. The number of hydrogen-bond donors (Lipinski definition) is 1. The third-order valence-corrected chi connectivity index (χ3v) is 5.29. The number of nitrogens with zero attached hydrogens (tertiary/aromatic N) is 1. The molecule has 1 heterocycles. The second-order valence-electron chi connectivity index (χ2n) is 7.58. The summed E-state index contributed by atoms with van der Waals surface area (Å²) in [6.45, 7) is 6.31. The molecule has 3 rings (SSSR count). The molecule has 1 amide bonds. The number of hydrogen-bond acceptors (Lipinski definition) is 2. The van der Waals surface area contributed by atoms with E-state index in [0.717, 1.165) is 36.9 Å².